The predicted molar refractivity (Wildman–Crippen MR) is 125 cm³/mol. The standard InChI is InChI=1S/C24H25ClN4O2/c1-16-5-4-6-18(13-16)21-14-22(28(2)11-12-30)26-24-23(17-7-9-19(25)10-8-17)20(15-31-3)27-29(21)24/h4-10,13-14,30H,11-12,15H2,1-3H3. The number of aromatic nitrogens is 3. The van der Waals surface area contributed by atoms with Crippen molar-refractivity contribution < 1.29 is 9.84 Å². The van der Waals surface area contributed by atoms with Crippen LogP contribution in [0.1, 0.15) is 11.3 Å². The van der Waals surface area contributed by atoms with Gasteiger partial charge in [0.25, 0.3) is 0 Å². The molecule has 2 aromatic heterocycles. The van der Waals surface area contributed by atoms with Crippen molar-refractivity contribution in [3.05, 3.63) is 70.9 Å². The van der Waals surface area contributed by atoms with Gasteiger partial charge >= 0.3 is 0 Å². The molecule has 0 aliphatic rings. The molecule has 0 unspecified atom stereocenters. The Hall–Kier alpha value is -2.93. The number of likely N-dealkylation sites (N-methyl/N-ethyl adjacent to an activating group) is 1. The van der Waals surface area contributed by atoms with Crippen LogP contribution in [0.25, 0.3) is 28.0 Å². The summed E-state index contributed by atoms with van der Waals surface area (Å²) in [7, 11) is 3.58. The van der Waals surface area contributed by atoms with Crippen molar-refractivity contribution >= 4 is 23.1 Å². The molecule has 0 saturated carbocycles. The topological polar surface area (TPSA) is 62.9 Å². The molecule has 0 aliphatic carbocycles. The molecule has 0 bridgehead atoms. The van der Waals surface area contributed by atoms with E-state index < -0.39 is 0 Å². The molecule has 6 nitrogen and oxygen atoms in total. The van der Waals surface area contributed by atoms with Gasteiger partial charge in [0, 0.05) is 37.4 Å². The van der Waals surface area contributed by atoms with Gasteiger partial charge < -0.3 is 14.7 Å². The Morgan fingerprint density at radius 1 is 1.10 bits per heavy atom. The van der Waals surface area contributed by atoms with Gasteiger partial charge in [0.1, 0.15) is 5.82 Å². The van der Waals surface area contributed by atoms with Gasteiger partial charge in [-0.15, -0.1) is 0 Å². The van der Waals surface area contributed by atoms with Gasteiger partial charge in [-0.25, -0.2) is 9.50 Å². The molecule has 0 fully saturated rings. The van der Waals surface area contributed by atoms with Gasteiger partial charge in [-0.1, -0.05) is 47.5 Å². The molecule has 0 atom stereocenters. The van der Waals surface area contributed by atoms with Gasteiger partial charge in [0.15, 0.2) is 5.65 Å². The number of rotatable bonds is 7. The second-order valence-electron chi connectivity index (χ2n) is 7.51. The third-order valence-electron chi connectivity index (χ3n) is 5.20. The summed E-state index contributed by atoms with van der Waals surface area (Å²) >= 11 is 6.12. The molecule has 2 heterocycles. The number of aryl methyl sites for hydroxylation is 1. The minimum Gasteiger partial charge on any atom is -0.395 e. The van der Waals surface area contributed by atoms with Crippen LogP contribution in [0.4, 0.5) is 5.82 Å². The zero-order valence-electron chi connectivity index (χ0n) is 17.8. The fourth-order valence-corrected chi connectivity index (χ4v) is 3.79. The Bertz CT molecular complexity index is 1200. The van der Waals surface area contributed by atoms with Crippen molar-refractivity contribution in [3.63, 3.8) is 0 Å². The first-order chi connectivity index (χ1) is 15.0. The summed E-state index contributed by atoms with van der Waals surface area (Å²) in [6.45, 7) is 2.95. The van der Waals surface area contributed by atoms with Crippen LogP contribution in [0.2, 0.25) is 5.02 Å². The molecule has 4 rings (SSSR count). The van der Waals surface area contributed by atoms with E-state index in [4.69, 9.17) is 26.4 Å². The maximum absolute atomic E-state index is 9.45. The Kier molecular flexibility index (Phi) is 6.23. The van der Waals surface area contributed by atoms with Gasteiger partial charge in [-0.3, -0.25) is 0 Å². The highest BCUT2D eigenvalue weighted by atomic mass is 35.5. The minimum absolute atomic E-state index is 0.0430. The fraction of sp³-hybridized carbons (Fsp3) is 0.250. The van der Waals surface area contributed by atoms with Gasteiger partial charge in [-0.05, 0) is 30.7 Å². The molecule has 0 aliphatic heterocycles. The van der Waals surface area contributed by atoms with Crippen LogP contribution in [0, 0.1) is 6.92 Å². The van der Waals surface area contributed by atoms with Crippen LogP contribution >= 0.6 is 11.6 Å². The summed E-state index contributed by atoms with van der Waals surface area (Å²) in [4.78, 5) is 6.87. The molecule has 0 amide bonds. The number of fused-ring (bicyclic) bond motifs is 1. The number of nitrogens with zero attached hydrogens (tertiary/aromatic N) is 4. The summed E-state index contributed by atoms with van der Waals surface area (Å²) in [5.74, 6) is 0.761. The lowest BCUT2D eigenvalue weighted by Gasteiger charge is -2.18. The molecule has 4 aromatic rings. The maximum atomic E-state index is 9.45. The number of aliphatic hydroxyl groups is 1. The average molecular weight is 437 g/mol. The normalized spacial score (nSPS) is 11.3. The van der Waals surface area contributed by atoms with Crippen molar-refractivity contribution in [3.8, 4) is 22.4 Å². The molecule has 0 radical (unpaired) electrons. The van der Waals surface area contributed by atoms with E-state index in [1.807, 2.05) is 52.9 Å². The maximum Gasteiger partial charge on any atom is 0.166 e. The highest BCUT2D eigenvalue weighted by Gasteiger charge is 2.21. The van der Waals surface area contributed by atoms with Crippen LogP contribution in [-0.4, -0.2) is 47.0 Å². The first kappa shape index (κ1) is 21.3. The predicted octanol–water partition coefficient (Wildman–Crippen LogP) is 4.60. The monoisotopic (exact) mass is 436 g/mol. The summed E-state index contributed by atoms with van der Waals surface area (Å²) in [6.07, 6.45) is 0. The molecular weight excluding hydrogens is 412 g/mol. The van der Waals surface area contributed by atoms with Crippen LogP contribution in [-0.2, 0) is 11.3 Å². The van der Waals surface area contributed by atoms with Crippen LogP contribution in [0.15, 0.2) is 54.6 Å². The molecular formula is C24H25ClN4O2. The Balaban J connectivity index is 2.04. The number of benzene rings is 2. The summed E-state index contributed by atoms with van der Waals surface area (Å²) < 4.78 is 7.33. The average Bonchev–Trinajstić information content (AvgIpc) is 3.12. The van der Waals surface area contributed by atoms with E-state index >= 15 is 0 Å². The number of hydrogen-bond donors (Lipinski definition) is 1. The van der Waals surface area contributed by atoms with E-state index in [1.54, 1.807) is 7.11 Å². The van der Waals surface area contributed by atoms with Crippen molar-refractivity contribution in [2.24, 2.45) is 0 Å². The zero-order chi connectivity index (χ0) is 22.0. The lowest BCUT2D eigenvalue weighted by Crippen LogP contribution is -2.22. The lowest BCUT2D eigenvalue weighted by atomic mass is 10.1. The number of halogens is 1. The Morgan fingerprint density at radius 2 is 1.87 bits per heavy atom. The minimum atomic E-state index is 0.0430. The first-order valence-electron chi connectivity index (χ1n) is 10.1. The van der Waals surface area contributed by atoms with Gasteiger partial charge in [0.05, 0.1) is 30.2 Å². The molecule has 0 saturated heterocycles. The SMILES string of the molecule is COCc1nn2c(-c3cccc(C)c3)cc(N(C)CCO)nc2c1-c1ccc(Cl)cc1. The molecule has 160 valence electrons. The lowest BCUT2D eigenvalue weighted by molar-refractivity contribution is 0.181. The van der Waals surface area contributed by atoms with E-state index in [1.165, 1.54) is 0 Å². The van der Waals surface area contributed by atoms with Gasteiger partial charge in [0.2, 0.25) is 0 Å². The summed E-state index contributed by atoms with van der Waals surface area (Å²) in [6, 6.07) is 18.0. The Labute approximate surface area is 186 Å². The molecule has 7 heteroatoms. The second-order valence-corrected chi connectivity index (χ2v) is 7.95. The second kappa shape index (κ2) is 9.06. The van der Waals surface area contributed by atoms with Gasteiger partial charge in [-0.2, -0.15) is 5.10 Å². The first-order valence-corrected chi connectivity index (χ1v) is 10.5. The van der Waals surface area contributed by atoms with Crippen LogP contribution < -0.4 is 4.90 Å². The molecule has 2 aromatic carbocycles. The van der Waals surface area contributed by atoms with E-state index in [2.05, 4.69) is 25.1 Å². The number of ether oxygens (including phenoxy) is 1. The van der Waals surface area contributed by atoms with E-state index in [-0.39, 0.29) is 6.61 Å². The van der Waals surface area contributed by atoms with Crippen molar-refractivity contribution in [1.82, 2.24) is 14.6 Å². The number of aliphatic hydroxyl groups excluding tert-OH is 1. The highest BCUT2D eigenvalue weighted by Crippen LogP contribution is 2.34. The molecule has 31 heavy (non-hydrogen) atoms. The van der Waals surface area contributed by atoms with Crippen molar-refractivity contribution in [2.45, 2.75) is 13.5 Å². The highest BCUT2D eigenvalue weighted by molar-refractivity contribution is 6.30. The molecule has 1 N–H and O–H groups in total. The third-order valence-corrected chi connectivity index (χ3v) is 5.45. The van der Waals surface area contributed by atoms with E-state index in [9.17, 15) is 5.11 Å². The zero-order valence-corrected chi connectivity index (χ0v) is 18.6. The summed E-state index contributed by atoms with van der Waals surface area (Å²) in [5, 5.41) is 15.0. The summed E-state index contributed by atoms with van der Waals surface area (Å²) in [5.41, 5.74) is 6.53. The smallest absolute Gasteiger partial charge is 0.166 e. The van der Waals surface area contributed by atoms with Crippen LogP contribution in [0.3, 0.4) is 0 Å². The largest absolute Gasteiger partial charge is 0.395 e. The van der Waals surface area contributed by atoms with E-state index in [0.717, 1.165) is 45.1 Å². The van der Waals surface area contributed by atoms with Crippen molar-refractivity contribution in [1.29, 1.82) is 0 Å². The Morgan fingerprint density at radius 3 is 2.55 bits per heavy atom. The quantitative estimate of drug-likeness (QED) is 0.458. The van der Waals surface area contributed by atoms with E-state index in [0.29, 0.717) is 18.2 Å². The fourth-order valence-electron chi connectivity index (χ4n) is 3.67. The molecule has 0 spiro atoms. The number of hydrogen-bond acceptors (Lipinski definition) is 5. The van der Waals surface area contributed by atoms with Crippen LogP contribution in [0.5, 0.6) is 0 Å². The number of anilines is 1. The number of methoxy groups -OCH3 is 1. The third kappa shape index (κ3) is 4.28. The van der Waals surface area contributed by atoms with Crippen molar-refractivity contribution in [2.75, 3.05) is 32.2 Å².